The van der Waals surface area contributed by atoms with E-state index in [2.05, 4.69) is 54.4 Å². The SMILES string of the molecule is Cc1cc2ccccc2nc1-c1cc2nc(N3CCC(C)C3)cc(NC3CCOCC3)n2n1. The van der Waals surface area contributed by atoms with Crippen LogP contribution in [-0.4, -0.2) is 51.9 Å². The fraction of sp³-hybridized carbons (Fsp3) is 0.423. The van der Waals surface area contributed by atoms with Gasteiger partial charge in [0.15, 0.2) is 5.65 Å². The first-order chi connectivity index (χ1) is 16.1. The summed E-state index contributed by atoms with van der Waals surface area (Å²) in [6, 6.07) is 15.0. The van der Waals surface area contributed by atoms with Crippen molar-refractivity contribution in [1.29, 1.82) is 0 Å². The maximum atomic E-state index is 5.56. The topological polar surface area (TPSA) is 67.6 Å². The molecule has 7 nitrogen and oxygen atoms in total. The average Bonchev–Trinajstić information content (AvgIpc) is 3.45. The number of rotatable bonds is 4. The number of fused-ring (bicyclic) bond motifs is 2. The predicted octanol–water partition coefficient (Wildman–Crippen LogP) is 4.69. The quantitative estimate of drug-likeness (QED) is 0.495. The lowest BCUT2D eigenvalue weighted by Gasteiger charge is -2.25. The highest BCUT2D eigenvalue weighted by Crippen LogP contribution is 2.30. The molecule has 2 aliphatic rings. The Balaban J connectivity index is 1.45. The molecule has 170 valence electrons. The molecule has 2 saturated heterocycles. The monoisotopic (exact) mass is 442 g/mol. The first-order valence-corrected chi connectivity index (χ1v) is 12.0. The molecule has 1 aromatic carbocycles. The van der Waals surface area contributed by atoms with Crippen molar-refractivity contribution in [3.63, 3.8) is 0 Å². The van der Waals surface area contributed by atoms with E-state index in [0.29, 0.717) is 12.0 Å². The van der Waals surface area contributed by atoms with Gasteiger partial charge in [-0.05, 0) is 49.8 Å². The number of nitrogens with one attached hydrogen (secondary N) is 1. The first kappa shape index (κ1) is 20.4. The van der Waals surface area contributed by atoms with Crippen LogP contribution in [0.2, 0.25) is 0 Å². The Labute approximate surface area is 193 Å². The van der Waals surface area contributed by atoms with Gasteiger partial charge in [0.25, 0.3) is 0 Å². The zero-order chi connectivity index (χ0) is 22.4. The Morgan fingerprint density at radius 2 is 1.88 bits per heavy atom. The molecule has 2 fully saturated rings. The van der Waals surface area contributed by atoms with Gasteiger partial charge in [0, 0.05) is 49.9 Å². The highest BCUT2D eigenvalue weighted by atomic mass is 16.5. The van der Waals surface area contributed by atoms with Crippen LogP contribution in [0.3, 0.4) is 0 Å². The maximum Gasteiger partial charge on any atom is 0.160 e. The maximum absolute atomic E-state index is 5.56. The molecule has 1 atom stereocenters. The fourth-order valence-electron chi connectivity index (χ4n) is 5.02. The molecule has 0 aliphatic carbocycles. The molecule has 0 spiro atoms. The molecular formula is C26H30N6O. The van der Waals surface area contributed by atoms with Gasteiger partial charge in [-0.2, -0.15) is 9.61 Å². The molecule has 0 saturated carbocycles. The van der Waals surface area contributed by atoms with E-state index in [1.165, 1.54) is 6.42 Å². The van der Waals surface area contributed by atoms with Crippen LogP contribution in [0.25, 0.3) is 27.9 Å². The van der Waals surface area contributed by atoms with E-state index in [9.17, 15) is 0 Å². The number of benzene rings is 1. The third-order valence-electron chi connectivity index (χ3n) is 6.89. The fourth-order valence-corrected chi connectivity index (χ4v) is 5.02. The molecule has 3 aromatic heterocycles. The molecule has 0 amide bonds. The summed E-state index contributed by atoms with van der Waals surface area (Å²) in [5.74, 6) is 2.71. The molecule has 7 heteroatoms. The molecule has 1 N–H and O–H groups in total. The van der Waals surface area contributed by atoms with Gasteiger partial charge in [0.1, 0.15) is 17.3 Å². The third kappa shape index (κ3) is 3.91. The second-order valence-electron chi connectivity index (χ2n) is 9.52. The highest BCUT2D eigenvalue weighted by Gasteiger charge is 2.23. The van der Waals surface area contributed by atoms with E-state index in [-0.39, 0.29) is 0 Å². The number of aromatic nitrogens is 4. The van der Waals surface area contributed by atoms with Gasteiger partial charge >= 0.3 is 0 Å². The standard InChI is InChI=1S/C26H30N6O/c1-17-7-10-31(16-17)23-15-25(27-20-8-11-33-12-9-20)32-24(29-23)14-22(30-32)26-18(2)13-19-5-3-4-6-21(19)28-26/h3-6,13-15,17,20,27H,7-12,16H2,1-2H3. The second kappa shape index (κ2) is 8.30. The minimum absolute atomic E-state index is 0.378. The van der Waals surface area contributed by atoms with Gasteiger partial charge in [-0.25, -0.2) is 9.97 Å². The summed E-state index contributed by atoms with van der Waals surface area (Å²) in [4.78, 5) is 12.4. The van der Waals surface area contributed by atoms with Gasteiger partial charge in [0.2, 0.25) is 0 Å². The number of anilines is 2. The van der Waals surface area contributed by atoms with Crippen molar-refractivity contribution in [3.8, 4) is 11.4 Å². The normalized spacial score (nSPS) is 19.6. The summed E-state index contributed by atoms with van der Waals surface area (Å²) in [7, 11) is 0. The zero-order valence-electron chi connectivity index (χ0n) is 19.3. The molecule has 0 bridgehead atoms. The molecule has 6 rings (SSSR count). The Morgan fingerprint density at radius 3 is 2.70 bits per heavy atom. The zero-order valence-corrected chi connectivity index (χ0v) is 19.3. The summed E-state index contributed by atoms with van der Waals surface area (Å²) in [5, 5.41) is 9.87. The van der Waals surface area contributed by atoms with Crippen LogP contribution in [0.4, 0.5) is 11.6 Å². The van der Waals surface area contributed by atoms with Crippen LogP contribution in [-0.2, 0) is 4.74 Å². The molecule has 1 unspecified atom stereocenters. The minimum atomic E-state index is 0.378. The lowest BCUT2D eigenvalue weighted by Crippen LogP contribution is -2.29. The summed E-state index contributed by atoms with van der Waals surface area (Å²) >= 11 is 0. The van der Waals surface area contributed by atoms with Gasteiger partial charge in [0.05, 0.1) is 11.2 Å². The molecule has 5 heterocycles. The van der Waals surface area contributed by atoms with E-state index in [0.717, 1.165) is 84.3 Å². The molecule has 4 aromatic rings. The number of hydrogen-bond donors (Lipinski definition) is 1. The van der Waals surface area contributed by atoms with Crippen molar-refractivity contribution in [2.45, 2.75) is 39.2 Å². The number of ether oxygens (including phenoxy) is 1. The number of nitrogens with zero attached hydrogens (tertiary/aromatic N) is 5. The van der Waals surface area contributed by atoms with E-state index >= 15 is 0 Å². The Hall–Kier alpha value is -3.19. The second-order valence-corrected chi connectivity index (χ2v) is 9.52. The van der Waals surface area contributed by atoms with Gasteiger partial charge < -0.3 is 15.0 Å². The van der Waals surface area contributed by atoms with Crippen molar-refractivity contribution in [2.24, 2.45) is 5.92 Å². The molecule has 0 radical (unpaired) electrons. The van der Waals surface area contributed by atoms with Crippen molar-refractivity contribution in [3.05, 3.63) is 48.0 Å². The van der Waals surface area contributed by atoms with Gasteiger partial charge in [-0.3, -0.25) is 0 Å². The van der Waals surface area contributed by atoms with E-state index in [1.807, 2.05) is 16.6 Å². The van der Waals surface area contributed by atoms with Crippen LogP contribution in [0.5, 0.6) is 0 Å². The van der Waals surface area contributed by atoms with Crippen molar-refractivity contribution >= 4 is 28.2 Å². The first-order valence-electron chi connectivity index (χ1n) is 12.0. The third-order valence-corrected chi connectivity index (χ3v) is 6.89. The molecule has 33 heavy (non-hydrogen) atoms. The summed E-state index contributed by atoms with van der Waals surface area (Å²) in [6.07, 6.45) is 3.21. The average molecular weight is 443 g/mol. The Bertz CT molecular complexity index is 1310. The van der Waals surface area contributed by atoms with Crippen molar-refractivity contribution < 1.29 is 4.74 Å². The van der Waals surface area contributed by atoms with E-state index in [4.69, 9.17) is 19.8 Å². The molecular weight excluding hydrogens is 412 g/mol. The van der Waals surface area contributed by atoms with Gasteiger partial charge in [-0.1, -0.05) is 25.1 Å². The predicted molar refractivity (Wildman–Crippen MR) is 132 cm³/mol. The largest absolute Gasteiger partial charge is 0.381 e. The lowest BCUT2D eigenvalue weighted by molar-refractivity contribution is 0.0903. The summed E-state index contributed by atoms with van der Waals surface area (Å²) in [5.41, 5.74) is 4.71. The highest BCUT2D eigenvalue weighted by molar-refractivity contribution is 5.83. The Kier molecular flexibility index (Phi) is 5.14. The lowest BCUT2D eigenvalue weighted by atomic mass is 10.1. The number of pyridine rings is 1. The minimum Gasteiger partial charge on any atom is -0.381 e. The summed E-state index contributed by atoms with van der Waals surface area (Å²) in [6.45, 7) is 8.11. The van der Waals surface area contributed by atoms with Crippen LogP contribution >= 0.6 is 0 Å². The van der Waals surface area contributed by atoms with Crippen molar-refractivity contribution in [1.82, 2.24) is 19.6 Å². The van der Waals surface area contributed by atoms with E-state index < -0.39 is 0 Å². The smallest absolute Gasteiger partial charge is 0.160 e. The number of para-hydroxylation sites is 1. The molecule has 2 aliphatic heterocycles. The van der Waals surface area contributed by atoms with Crippen LogP contribution < -0.4 is 10.2 Å². The number of hydrogen-bond acceptors (Lipinski definition) is 6. The van der Waals surface area contributed by atoms with E-state index in [1.54, 1.807) is 0 Å². The van der Waals surface area contributed by atoms with Crippen molar-refractivity contribution in [2.75, 3.05) is 36.5 Å². The van der Waals surface area contributed by atoms with Crippen LogP contribution in [0.15, 0.2) is 42.5 Å². The Morgan fingerprint density at radius 1 is 1.03 bits per heavy atom. The number of aryl methyl sites for hydroxylation is 1. The van der Waals surface area contributed by atoms with Gasteiger partial charge in [-0.15, -0.1) is 0 Å². The van der Waals surface area contributed by atoms with Crippen LogP contribution in [0, 0.1) is 12.8 Å². The summed E-state index contributed by atoms with van der Waals surface area (Å²) < 4.78 is 7.51. The van der Waals surface area contributed by atoms with Crippen LogP contribution in [0.1, 0.15) is 31.7 Å².